The first-order valence-electron chi connectivity index (χ1n) is 6.39. The summed E-state index contributed by atoms with van der Waals surface area (Å²) in [6.45, 7) is 2.97. The van der Waals surface area contributed by atoms with Crippen molar-refractivity contribution in [3.63, 3.8) is 0 Å². The van der Waals surface area contributed by atoms with Crippen molar-refractivity contribution in [1.29, 1.82) is 0 Å². The van der Waals surface area contributed by atoms with Gasteiger partial charge in [0.25, 0.3) is 0 Å². The van der Waals surface area contributed by atoms with E-state index in [1.807, 2.05) is 36.8 Å². The minimum atomic E-state index is 0.296. The number of fused-ring (bicyclic) bond motifs is 1. The van der Waals surface area contributed by atoms with Crippen molar-refractivity contribution in [2.45, 2.75) is 19.5 Å². The number of nitrogens with zero attached hydrogens (tertiary/aromatic N) is 2. The third-order valence-corrected chi connectivity index (χ3v) is 3.34. The monoisotopic (exact) mass is 252 g/mol. The number of aromatic amines is 1. The Bertz CT molecular complexity index is 660. The van der Waals surface area contributed by atoms with Crippen LogP contribution in [0.4, 0.5) is 0 Å². The van der Waals surface area contributed by atoms with E-state index in [2.05, 4.69) is 33.3 Å². The average Bonchev–Trinajstić information content (AvgIpc) is 2.89. The third kappa shape index (κ3) is 2.48. The van der Waals surface area contributed by atoms with E-state index in [9.17, 15) is 0 Å². The first-order valence-corrected chi connectivity index (χ1v) is 6.39. The minimum absolute atomic E-state index is 0.296. The normalized spacial score (nSPS) is 12.7. The summed E-state index contributed by atoms with van der Waals surface area (Å²) in [5.74, 6) is 0. The zero-order valence-corrected chi connectivity index (χ0v) is 10.8. The lowest BCUT2D eigenvalue weighted by molar-refractivity contribution is 0.576. The van der Waals surface area contributed by atoms with E-state index in [0.717, 1.165) is 12.2 Å². The Morgan fingerprint density at radius 3 is 2.89 bits per heavy atom. The minimum Gasteiger partial charge on any atom is -0.346 e. The first-order chi connectivity index (χ1) is 9.34. The maximum atomic E-state index is 4.30. The molecule has 3 heterocycles. The molecule has 1 unspecified atom stereocenters. The Hall–Kier alpha value is -2.20. The molecule has 1 atom stereocenters. The fraction of sp³-hybridized carbons (Fsp3) is 0.200. The summed E-state index contributed by atoms with van der Waals surface area (Å²) in [5.41, 5.74) is 3.42. The standard InChI is InChI=1S/C15H16N4/c1-11(12-4-7-16-8-5-12)18-9-13-10-19-15-14(13)3-2-6-17-15/h2-8,10-11,18H,9H2,1H3,(H,17,19). The van der Waals surface area contributed by atoms with Gasteiger partial charge in [-0.05, 0) is 42.3 Å². The number of aromatic nitrogens is 3. The summed E-state index contributed by atoms with van der Waals surface area (Å²) in [7, 11) is 0. The highest BCUT2D eigenvalue weighted by atomic mass is 14.9. The highest BCUT2D eigenvalue weighted by Gasteiger charge is 2.07. The van der Waals surface area contributed by atoms with Crippen molar-refractivity contribution >= 4 is 11.0 Å². The predicted molar refractivity (Wildman–Crippen MR) is 75.6 cm³/mol. The molecule has 0 radical (unpaired) electrons. The van der Waals surface area contributed by atoms with E-state index >= 15 is 0 Å². The summed E-state index contributed by atoms with van der Waals surface area (Å²) in [5, 5.41) is 4.70. The van der Waals surface area contributed by atoms with Crippen LogP contribution < -0.4 is 5.32 Å². The number of H-pyrrole nitrogens is 1. The molecule has 0 saturated carbocycles. The molecular formula is C15H16N4. The molecular weight excluding hydrogens is 236 g/mol. The van der Waals surface area contributed by atoms with Crippen LogP contribution in [0.25, 0.3) is 11.0 Å². The Labute approximate surface area is 111 Å². The van der Waals surface area contributed by atoms with Gasteiger partial charge < -0.3 is 10.3 Å². The zero-order valence-electron chi connectivity index (χ0n) is 10.8. The fourth-order valence-corrected chi connectivity index (χ4v) is 2.19. The Morgan fingerprint density at radius 1 is 1.21 bits per heavy atom. The first kappa shape index (κ1) is 11.9. The summed E-state index contributed by atoms with van der Waals surface area (Å²) in [6.07, 6.45) is 7.46. The van der Waals surface area contributed by atoms with Gasteiger partial charge in [-0.1, -0.05) is 0 Å². The number of nitrogens with one attached hydrogen (secondary N) is 2. The molecule has 0 aromatic carbocycles. The van der Waals surface area contributed by atoms with Crippen LogP contribution in [0.1, 0.15) is 24.1 Å². The van der Waals surface area contributed by atoms with Crippen LogP contribution in [0, 0.1) is 0 Å². The second kappa shape index (κ2) is 5.20. The Balaban J connectivity index is 1.73. The molecule has 0 saturated heterocycles. The lowest BCUT2D eigenvalue weighted by Crippen LogP contribution is -2.17. The maximum Gasteiger partial charge on any atom is 0.137 e. The second-order valence-electron chi connectivity index (χ2n) is 4.60. The van der Waals surface area contributed by atoms with Crippen LogP contribution in [0.3, 0.4) is 0 Å². The molecule has 3 aromatic rings. The topological polar surface area (TPSA) is 53.6 Å². The quantitative estimate of drug-likeness (QED) is 0.750. The molecule has 3 rings (SSSR count). The van der Waals surface area contributed by atoms with Gasteiger partial charge >= 0.3 is 0 Å². The van der Waals surface area contributed by atoms with Crippen LogP contribution in [-0.4, -0.2) is 15.0 Å². The lowest BCUT2D eigenvalue weighted by atomic mass is 10.1. The zero-order chi connectivity index (χ0) is 13.1. The molecule has 0 fully saturated rings. The third-order valence-electron chi connectivity index (χ3n) is 3.34. The molecule has 0 aliphatic carbocycles. The molecule has 4 heteroatoms. The van der Waals surface area contributed by atoms with Crippen LogP contribution in [0.5, 0.6) is 0 Å². The van der Waals surface area contributed by atoms with Gasteiger partial charge in [0.2, 0.25) is 0 Å². The van der Waals surface area contributed by atoms with E-state index in [0.29, 0.717) is 6.04 Å². The van der Waals surface area contributed by atoms with Gasteiger partial charge in [0.1, 0.15) is 5.65 Å². The van der Waals surface area contributed by atoms with Gasteiger partial charge in [0, 0.05) is 42.8 Å². The van der Waals surface area contributed by atoms with Gasteiger partial charge in [-0.2, -0.15) is 0 Å². The van der Waals surface area contributed by atoms with Crippen LogP contribution in [0.2, 0.25) is 0 Å². The SMILES string of the molecule is CC(NCc1c[nH]c2ncccc12)c1ccncc1. The van der Waals surface area contributed by atoms with Crippen molar-refractivity contribution in [2.75, 3.05) is 0 Å². The van der Waals surface area contributed by atoms with Crippen molar-refractivity contribution in [3.05, 3.63) is 60.2 Å². The number of hydrogen-bond donors (Lipinski definition) is 2. The van der Waals surface area contributed by atoms with Gasteiger partial charge in [0.15, 0.2) is 0 Å². The summed E-state index contributed by atoms with van der Waals surface area (Å²) in [6, 6.07) is 8.42. The molecule has 0 amide bonds. The summed E-state index contributed by atoms with van der Waals surface area (Å²) in [4.78, 5) is 11.5. The Kier molecular flexibility index (Phi) is 3.25. The van der Waals surface area contributed by atoms with Crippen molar-refractivity contribution in [1.82, 2.24) is 20.3 Å². The molecule has 4 nitrogen and oxygen atoms in total. The number of rotatable bonds is 4. The van der Waals surface area contributed by atoms with Gasteiger partial charge in [0.05, 0.1) is 0 Å². The van der Waals surface area contributed by atoms with E-state index < -0.39 is 0 Å². The second-order valence-corrected chi connectivity index (χ2v) is 4.60. The van der Waals surface area contributed by atoms with E-state index in [4.69, 9.17) is 0 Å². The molecule has 19 heavy (non-hydrogen) atoms. The number of pyridine rings is 2. The Morgan fingerprint density at radius 2 is 2.05 bits per heavy atom. The van der Waals surface area contributed by atoms with Crippen molar-refractivity contribution in [3.8, 4) is 0 Å². The average molecular weight is 252 g/mol. The largest absolute Gasteiger partial charge is 0.346 e. The maximum absolute atomic E-state index is 4.30. The molecule has 0 aliphatic heterocycles. The van der Waals surface area contributed by atoms with E-state index in [1.165, 1.54) is 16.5 Å². The highest BCUT2D eigenvalue weighted by Crippen LogP contribution is 2.17. The summed E-state index contributed by atoms with van der Waals surface area (Å²) < 4.78 is 0. The van der Waals surface area contributed by atoms with Crippen molar-refractivity contribution in [2.24, 2.45) is 0 Å². The summed E-state index contributed by atoms with van der Waals surface area (Å²) >= 11 is 0. The fourth-order valence-electron chi connectivity index (χ4n) is 2.19. The van der Waals surface area contributed by atoms with Crippen molar-refractivity contribution < 1.29 is 0 Å². The molecule has 0 aliphatic rings. The van der Waals surface area contributed by atoms with E-state index in [1.54, 1.807) is 6.20 Å². The molecule has 96 valence electrons. The molecule has 2 N–H and O–H groups in total. The van der Waals surface area contributed by atoms with Crippen LogP contribution >= 0.6 is 0 Å². The van der Waals surface area contributed by atoms with Crippen LogP contribution in [0.15, 0.2) is 49.1 Å². The van der Waals surface area contributed by atoms with Gasteiger partial charge in [-0.3, -0.25) is 4.98 Å². The van der Waals surface area contributed by atoms with E-state index in [-0.39, 0.29) is 0 Å². The van der Waals surface area contributed by atoms with Crippen LogP contribution in [-0.2, 0) is 6.54 Å². The molecule has 3 aromatic heterocycles. The van der Waals surface area contributed by atoms with Gasteiger partial charge in [-0.25, -0.2) is 4.98 Å². The molecule has 0 spiro atoms. The predicted octanol–water partition coefficient (Wildman–Crippen LogP) is 2.81. The van der Waals surface area contributed by atoms with Gasteiger partial charge in [-0.15, -0.1) is 0 Å². The lowest BCUT2D eigenvalue weighted by Gasteiger charge is -2.13. The number of hydrogen-bond acceptors (Lipinski definition) is 3. The smallest absolute Gasteiger partial charge is 0.137 e. The molecule has 0 bridgehead atoms. The highest BCUT2D eigenvalue weighted by molar-refractivity contribution is 5.79.